The zero-order valence-corrected chi connectivity index (χ0v) is 33.9. The van der Waals surface area contributed by atoms with E-state index in [9.17, 15) is 23.6 Å². The van der Waals surface area contributed by atoms with Crippen molar-refractivity contribution in [3.05, 3.63) is 54.0 Å². The van der Waals surface area contributed by atoms with E-state index in [2.05, 4.69) is 33.9 Å². The number of halogens is 2. The highest BCUT2D eigenvalue weighted by molar-refractivity contribution is 7.99. The summed E-state index contributed by atoms with van der Waals surface area (Å²) in [6, 6.07) is 3.12. The lowest BCUT2D eigenvalue weighted by molar-refractivity contribution is -0.137. The highest BCUT2D eigenvalue weighted by atomic mass is 32.2. The third-order valence-corrected chi connectivity index (χ3v) is 12.2. The van der Waals surface area contributed by atoms with Gasteiger partial charge in [0.1, 0.15) is 17.5 Å². The normalized spacial score (nSPS) is 19.2. The van der Waals surface area contributed by atoms with Gasteiger partial charge >= 0.3 is 0 Å². The van der Waals surface area contributed by atoms with E-state index in [4.69, 9.17) is 9.72 Å². The fraction of sp³-hybridized carbons (Fsp3) is 0.643. The molecule has 3 atom stereocenters. The molecule has 3 aliphatic heterocycles. The lowest BCUT2D eigenvalue weighted by atomic mass is 9.88. The Bertz CT molecular complexity index is 1630. The Morgan fingerprint density at radius 3 is 2.50 bits per heavy atom. The summed E-state index contributed by atoms with van der Waals surface area (Å²) in [6.07, 6.45) is 13.2. The number of nitrogens with zero attached hydrogens (tertiary/aromatic N) is 4. The first kappa shape index (κ1) is 43.5. The molecule has 0 bridgehead atoms. The number of nitrogens with one attached hydrogen (secondary N) is 2. The second-order valence-corrected chi connectivity index (χ2v) is 16.5. The summed E-state index contributed by atoms with van der Waals surface area (Å²) in [4.78, 5) is 58.2. The van der Waals surface area contributed by atoms with Crippen LogP contribution in [0.15, 0.2) is 36.5 Å². The Kier molecular flexibility index (Phi) is 17.4. The second-order valence-electron chi connectivity index (χ2n) is 15.4. The van der Waals surface area contributed by atoms with Crippen molar-refractivity contribution in [2.24, 2.45) is 17.8 Å². The minimum atomic E-state index is -0.531. The second kappa shape index (κ2) is 22.4. The van der Waals surface area contributed by atoms with Gasteiger partial charge in [-0.05, 0) is 99.7 Å². The first-order valence-electron chi connectivity index (χ1n) is 20.6. The van der Waals surface area contributed by atoms with E-state index in [1.54, 1.807) is 11.8 Å². The van der Waals surface area contributed by atoms with E-state index in [1.807, 2.05) is 6.20 Å². The molecule has 2 saturated heterocycles. The molecule has 11 nitrogen and oxygen atoms in total. The van der Waals surface area contributed by atoms with Crippen LogP contribution in [0.3, 0.4) is 0 Å². The van der Waals surface area contributed by atoms with E-state index in [0.29, 0.717) is 76.0 Å². The Morgan fingerprint density at radius 2 is 1.77 bits per heavy atom. The van der Waals surface area contributed by atoms with E-state index in [0.717, 1.165) is 88.2 Å². The van der Waals surface area contributed by atoms with Gasteiger partial charge in [-0.1, -0.05) is 33.1 Å². The smallest absolute Gasteiger partial charge is 0.253 e. The van der Waals surface area contributed by atoms with Crippen molar-refractivity contribution in [3.8, 4) is 11.3 Å². The fourth-order valence-electron chi connectivity index (χ4n) is 7.90. The molecule has 0 radical (unpaired) electrons. The van der Waals surface area contributed by atoms with Gasteiger partial charge in [-0.2, -0.15) is 11.8 Å². The fourth-order valence-corrected chi connectivity index (χ4v) is 8.80. The molecular formula is C42H60F2N6O5S. The van der Waals surface area contributed by atoms with Crippen molar-refractivity contribution in [2.45, 2.75) is 97.1 Å². The standard InChI is InChI=1S/C42H60F2N6O5S/c1-3-19-48-28-36(34-24-33(43)12-13-35(34)44)47-42(48)41(31-16-21-55-22-17-31)50(27-32-26-45-25-30(32)2)40(54)29-56-23-10-5-4-8-18-46-37(51)11-7-6-9-20-49-38(52)14-15-39(49)53/h12-15,24,28,30-32,41,45H,3-11,16-23,25-27,29H2,1-2H3,(H,46,51). The number of carbonyl (C=O) groups excluding carboxylic acids is 4. The monoisotopic (exact) mass is 798 g/mol. The number of imide groups is 1. The van der Waals surface area contributed by atoms with Gasteiger partial charge in [-0.15, -0.1) is 0 Å². The minimum absolute atomic E-state index is 0.0231. The summed E-state index contributed by atoms with van der Waals surface area (Å²) in [5.41, 5.74) is 0.495. The SMILES string of the molecule is CCCn1cc(-c2cc(F)ccc2F)nc1C(C1CCOCC1)N(CC1CNCC1C)C(=O)CSCCCCCCNC(=O)CCCCCN1C(=O)C=CC1=O. The number of benzene rings is 1. The largest absolute Gasteiger partial charge is 0.381 e. The number of amides is 4. The van der Waals surface area contributed by atoms with Crippen LogP contribution in [0, 0.1) is 29.4 Å². The number of hydrogen-bond acceptors (Lipinski definition) is 8. The molecule has 3 aliphatic rings. The summed E-state index contributed by atoms with van der Waals surface area (Å²) in [6.45, 7) is 9.53. The van der Waals surface area contributed by atoms with Crippen molar-refractivity contribution >= 4 is 35.4 Å². The molecule has 4 heterocycles. The number of imidazole rings is 1. The van der Waals surface area contributed by atoms with Crippen molar-refractivity contribution in [2.75, 3.05) is 57.4 Å². The van der Waals surface area contributed by atoms with Gasteiger partial charge in [0.25, 0.3) is 11.8 Å². The Morgan fingerprint density at radius 1 is 1.02 bits per heavy atom. The maximum absolute atomic E-state index is 15.0. The van der Waals surface area contributed by atoms with Crippen LogP contribution in [-0.4, -0.2) is 100 Å². The maximum Gasteiger partial charge on any atom is 0.253 e. The molecule has 308 valence electrons. The topological polar surface area (TPSA) is 126 Å². The van der Waals surface area contributed by atoms with Crippen molar-refractivity contribution in [3.63, 3.8) is 0 Å². The number of thioether (sulfide) groups is 1. The number of aromatic nitrogens is 2. The van der Waals surface area contributed by atoms with Crippen molar-refractivity contribution in [1.29, 1.82) is 0 Å². The predicted molar refractivity (Wildman–Crippen MR) is 215 cm³/mol. The molecule has 3 unspecified atom stereocenters. The first-order valence-corrected chi connectivity index (χ1v) is 21.8. The van der Waals surface area contributed by atoms with Gasteiger partial charge in [0.15, 0.2) is 0 Å². The quantitative estimate of drug-likeness (QED) is 0.0995. The number of rotatable bonds is 23. The summed E-state index contributed by atoms with van der Waals surface area (Å²) in [7, 11) is 0. The van der Waals surface area contributed by atoms with Gasteiger partial charge < -0.3 is 24.8 Å². The predicted octanol–water partition coefficient (Wildman–Crippen LogP) is 6.29. The summed E-state index contributed by atoms with van der Waals surface area (Å²) in [5, 5.41) is 6.49. The number of ether oxygens (including phenoxy) is 1. The van der Waals surface area contributed by atoms with Crippen LogP contribution < -0.4 is 10.6 Å². The third kappa shape index (κ3) is 12.4. The molecule has 2 N–H and O–H groups in total. The molecule has 0 spiro atoms. The molecule has 1 aromatic carbocycles. The minimum Gasteiger partial charge on any atom is -0.381 e. The average Bonchev–Trinajstić information content (AvgIpc) is 3.89. The Balaban J connectivity index is 1.12. The third-order valence-electron chi connectivity index (χ3n) is 11.2. The molecule has 1 aromatic heterocycles. The van der Waals surface area contributed by atoms with Gasteiger partial charge in [-0.3, -0.25) is 24.1 Å². The van der Waals surface area contributed by atoms with Crippen LogP contribution in [0.5, 0.6) is 0 Å². The van der Waals surface area contributed by atoms with Crippen LogP contribution in [0.4, 0.5) is 8.78 Å². The zero-order chi connectivity index (χ0) is 39.9. The van der Waals surface area contributed by atoms with E-state index in [1.165, 1.54) is 23.1 Å². The number of hydrogen-bond donors (Lipinski definition) is 2. The Labute approximate surface area is 334 Å². The highest BCUT2D eigenvalue weighted by Gasteiger charge is 2.39. The maximum atomic E-state index is 15.0. The number of unbranched alkanes of at least 4 members (excludes halogenated alkanes) is 5. The molecular weight excluding hydrogens is 739 g/mol. The number of carbonyl (C=O) groups is 4. The average molecular weight is 799 g/mol. The summed E-state index contributed by atoms with van der Waals surface area (Å²) >= 11 is 1.65. The highest BCUT2D eigenvalue weighted by Crippen LogP contribution is 2.38. The van der Waals surface area contributed by atoms with Crippen LogP contribution >= 0.6 is 11.8 Å². The molecule has 0 saturated carbocycles. The van der Waals surface area contributed by atoms with Crippen molar-refractivity contribution in [1.82, 2.24) is 30.0 Å². The lowest BCUT2D eigenvalue weighted by Gasteiger charge is -2.40. The molecule has 2 fully saturated rings. The van der Waals surface area contributed by atoms with E-state index >= 15 is 4.39 Å². The lowest BCUT2D eigenvalue weighted by Crippen LogP contribution is -2.45. The summed E-state index contributed by atoms with van der Waals surface area (Å²) in [5.74, 6) is 1.26. The zero-order valence-electron chi connectivity index (χ0n) is 33.1. The van der Waals surface area contributed by atoms with Crippen LogP contribution in [0.1, 0.15) is 96.3 Å². The van der Waals surface area contributed by atoms with Gasteiger partial charge in [0, 0.05) is 69.7 Å². The molecule has 2 aromatic rings. The molecule has 0 aliphatic carbocycles. The van der Waals surface area contributed by atoms with E-state index < -0.39 is 11.6 Å². The molecule has 14 heteroatoms. The Hall–Kier alpha value is -3.62. The first-order chi connectivity index (χ1) is 27.2. The van der Waals surface area contributed by atoms with Crippen LogP contribution in [-0.2, 0) is 30.5 Å². The molecule has 5 rings (SSSR count). The van der Waals surface area contributed by atoms with Gasteiger partial charge in [0.05, 0.1) is 17.5 Å². The van der Waals surface area contributed by atoms with Gasteiger partial charge in [0.2, 0.25) is 11.8 Å². The molecule has 4 amide bonds. The number of aryl methyl sites for hydroxylation is 1. The van der Waals surface area contributed by atoms with E-state index in [-0.39, 0.29) is 47.1 Å². The molecule has 56 heavy (non-hydrogen) atoms. The van der Waals surface area contributed by atoms with Crippen LogP contribution in [0.2, 0.25) is 0 Å². The van der Waals surface area contributed by atoms with Crippen molar-refractivity contribution < 1.29 is 32.7 Å². The summed E-state index contributed by atoms with van der Waals surface area (Å²) < 4.78 is 37.2. The van der Waals surface area contributed by atoms with Gasteiger partial charge in [-0.25, -0.2) is 13.8 Å². The van der Waals surface area contributed by atoms with Crippen LogP contribution in [0.25, 0.3) is 11.3 Å².